The molecule has 0 spiro atoms. The normalized spacial score (nSPS) is 19.0. The van der Waals surface area contributed by atoms with Crippen LogP contribution in [0.3, 0.4) is 0 Å². The lowest BCUT2D eigenvalue weighted by molar-refractivity contribution is 0.477. The van der Waals surface area contributed by atoms with Crippen molar-refractivity contribution >= 4 is 28.2 Å². The Kier molecular flexibility index (Phi) is 3.43. The summed E-state index contributed by atoms with van der Waals surface area (Å²) in [4.78, 5) is 9.34. The predicted octanol–water partition coefficient (Wildman–Crippen LogP) is 5.28. The highest BCUT2D eigenvalue weighted by Crippen LogP contribution is 2.43. The van der Waals surface area contributed by atoms with Gasteiger partial charge in [-0.1, -0.05) is 30.3 Å². The van der Waals surface area contributed by atoms with Crippen molar-refractivity contribution in [2.75, 3.05) is 0 Å². The minimum Gasteiger partial charge on any atom is -0.276 e. The summed E-state index contributed by atoms with van der Waals surface area (Å²) in [6, 6.07) is 15.0. The molecular formula is C20H16ClFN2. The summed E-state index contributed by atoms with van der Waals surface area (Å²) >= 11 is 6.53. The van der Waals surface area contributed by atoms with Gasteiger partial charge in [0.1, 0.15) is 5.82 Å². The summed E-state index contributed by atoms with van der Waals surface area (Å²) in [6.45, 7) is 3.85. The average molecular weight is 339 g/mol. The van der Waals surface area contributed by atoms with Gasteiger partial charge in [-0.05, 0) is 32.0 Å². The summed E-state index contributed by atoms with van der Waals surface area (Å²) in [6.07, 6.45) is 1.79. The molecule has 1 unspecified atom stereocenters. The van der Waals surface area contributed by atoms with Gasteiger partial charge in [-0.25, -0.2) is 4.39 Å². The van der Waals surface area contributed by atoms with E-state index in [1.54, 1.807) is 12.3 Å². The number of rotatable bonds is 1. The molecule has 3 aromatic rings. The molecule has 4 heteroatoms. The number of fused-ring (bicyclic) bond motifs is 2. The molecule has 0 bridgehead atoms. The fourth-order valence-corrected chi connectivity index (χ4v) is 3.45. The van der Waals surface area contributed by atoms with E-state index >= 15 is 0 Å². The highest BCUT2D eigenvalue weighted by atomic mass is 35.5. The number of hydrogen-bond donors (Lipinski definition) is 0. The molecule has 120 valence electrons. The molecule has 0 aliphatic carbocycles. The number of alkyl halides is 1. The fourth-order valence-electron chi connectivity index (χ4n) is 3.18. The third-order valence-corrected chi connectivity index (χ3v) is 5.20. The van der Waals surface area contributed by atoms with Gasteiger partial charge in [0, 0.05) is 28.3 Å². The number of benzene rings is 2. The Bertz CT molecular complexity index is 978. The van der Waals surface area contributed by atoms with Crippen molar-refractivity contribution in [3.63, 3.8) is 0 Å². The second-order valence-corrected chi connectivity index (χ2v) is 7.03. The van der Waals surface area contributed by atoms with Crippen molar-refractivity contribution in [1.82, 2.24) is 4.98 Å². The van der Waals surface area contributed by atoms with E-state index in [1.807, 2.05) is 50.2 Å². The van der Waals surface area contributed by atoms with Crippen LogP contribution in [-0.2, 0) is 0 Å². The van der Waals surface area contributed by atoms with E-state index in [4.69, 9.17) is 16.6 Å². The van der Waals surface area contributed by atoms with Crippen LogP contribution in [0, 0.1) is 5.82 Å². The van der Waals surface area contributed by atoms with Gasteiger partial charge in [0.15, 0.2) is 0 Å². The van der Waals surface area contributed by atoms with E-state index in [1.165, 1.54) is 6.07 Å². The van der Waals surface area contributed by atoms with Crippen molar-refractivity contribution in [1.29, 1.82) is 0 Å². The standard InChI is InChI=1S/C20H16ClFN2/c1-20(2)19(21)17-14(7-5-8-15(17)22)18(24-20)13-10-12-6-3-4-9-16(12)23-11-13/h3-11,19H,1-2H3. The summed E-state index contributed by atoms with van der Waals surface area (Å²) < 4.78 is 14.5. The summed E-state index contributed by atoms with van der Waals surface area (Å²) in [5.41, 5.74) is 3.19. The second-order valence-electron chi connectivity index (χ2n) is 6.59. The monoisotopic (exact) mass is 338 g/mol. The maximum Gasteiger partial charge on any atom is 0.128 e. The minimum atomic E-state index is -0.599. The zero-order chi connectivity index (χ0) is 16.9. The highest BCUT2D eigenvalue weighted by Gasteiger charge is 2.38. The van der Waals surface area contributed by atoms with Crippen LogP contribution in [0.5, 0.6) is 0 Å². The third-order valence-electron chi connectivity index (χ3n) is 4.45. The third kappa shape index (κ3) is 2.31. The van der Waals surface area contributed by atoms with Gasteiger partial charge in [-0.2, -0.15) is 0 Å². The Morgan fingerprint density at radius 1 is 1.08 bits per heavy atom. The molecule has 2 aromatic carbocycles. The molecule has 2 heterocycles. The number of halogens is 2. The Labute approximate surface area is 145 Å². The summed E-state index contributed by atoms with van der Waals surface area (Å²) in [7, 11) is 0. The Morgan fingerprint density at radius 3 is 2.71 bits per heavy atom. The van der Waals surface area contributed by atoms with E-state index < -0.39 is 10.9 Å². The topological polar surface area (TPSA) is 25.2 Å². The van der Waals surface area contributed by atoms with Crippen molar-refractivity contribution in [3.8, 4) is 0 Å². The predicted molar refractivity (Wildman–Crippen MR) is 96.5 cm³/mol. The molecule has 4 rings (SSSR count). The molecule has 1 aliphatic heterocycles. The van der Waals surface area contributed by atoms with E-state index in [9.17, 15) is 4.39 Å². The maximum atomic E-state index is 14.5. The molecule has 24 heavy (non-hydrogen) atoms. The molecule has 0 saturated heterocycles. The quantitative estimate of drug-likeness (QED) is 0.554. The second kappa shape index (κ2) is 5.38. The first-order valence-corrected chi connectivity index (χ1v) is 8.29. The van der Waals surface area contributed by atoms with Gasteiger partial charge >= 0.3 is 0 Å². The lowest BCUT2D eigenvalue weighted by atomic mass is 9.84. The van der Waals surface area contributed by atoms with Crippen LogP contribution in [0.2, 0.25) is 0 Å². The first-order valence-electron chi connectivity index (χ1n) is 7.85. The molecule has 2 nitrogen and oxygen atoms in total. The molecule has 1 aliphatic rings. The molecule has 0 fully saturated rings. The van der Waals surface area contributed by atoms with E-state index in [0.29, 0.717) is 5.56 Å². The molecule has 0 amide bonds. The van der Waals surface area contributed by atoms with E-state index in [2.05, 4.69) is 4.98 Å². The molecule has 1 atom stereocenters. The lowest BCUT2D eigenvalue weighted by Crippen LogP contribution is -2.32. The van der Waals surface area contributed by atoms with Crippen molar-refractivity contribution in [2.24, 2.45) is 4.99 Å². The SMILES string of the molecule is CC1(C)N=C(c2cnc3ccccc3c2)c2cccc(F)c2C1Cl. The number of pyridine rings is 1. The smallest absolute Gasteiger partial charge is 0.128 e. The molecule has 0 radical (unpaired) electrons. The van der Waals surface area contributed by atoms with Gasteiger partial charge in [-0.15, -0.1) is 11.6 Å². The number of aliphatic imine (C=N–C) groups is 1. The van der Waals surface area contributed by atoms with Crippen LogP contribution in [0.4, 0.5) is 4.39 Å². The number of aromatic nitrogens is 1. The zero-order valence-electron chi connectivity index (χ0n) is 13.4. The van der Waals surface area contributed by atoms with Crippen LogP contribution in [-0.4, -0.2) is 16.2 Å². The average Bonchev–Trinajstić information content (AvgIpc) is 2.58. The van der Waals surface area contributed by atoms with Crippen LogP contribution in [0.15, 0.2) is 59.7 Å². The lowest BCUT2D eigenvalue weighted by Gasteiger charge is -2.34. The van der Waals surface area contributed by atoms with Crippen LogP contribution >= 0.6 is 11.6 Å². The Morgan fingerprint density at radius 2 is 1.88 bits per heavy atom. The summed E-state index contributed by atoms with van der Waals surface area (Å²) in [5.74, 6) is -0.290. The highest BCUT2D eigenvalue weighted by molar-refractivity contribution is 6.25. The van der Waals surface area contributed by atoms with Gasteiger partial charge in [-0.3, -0.25) is 9.98 Å². The molecule has 0 N–H and O–H groups in total. The van der Waals surface area contributed by atoms with Crippen LogP contribution in [0.25, 0.3) is 10.9 Å². The molecule has 1 aromatic heterocycles. The fraction of sp³-hybridized carbons (Fsp3) is 0.200. The van der Waals surface area contributed by atoms with Gasteiger partial charge in [0.25, 0.3) is 0 Å². The van der Waals surface area contributed by atoms with Gasteiger partial charge in [0.2, 0.25) is 0 Å². The number of nitrogens with zero attached hydrogens (tertiary/aromatic N) is 2. The Hall–Kier alpha value is -2.26. The zero-order valence-corrected chi connectivity index (χ0v) is 14.2. The molecule has 0 saturated carbocycles. The largest absolute Gasteiger partial charge is 0.276 e. The summed E-state index contributed by atoms with van der Waals surface area (Å²) in [5, 5.41) is 0.521. The minimum absolute atomic E-state index is 0.290. The van der Waals surface area contributed by atoms with Crippen LogP contribution in [0.1, 0.15) is 35.9 Å². The van der Waals surface area contributed by atoms with E-state index in [-0.39, 0.29) is 5.82 Å². The molecular weight excluding hydrogens is 323 g/mol. The Balaban J connectivity index is 1.97. The number of hydrogen-bond acceptors (Lipinski definition) is 2. The van der Waals surface area contributed by atoms with E-state index in [0.717, 1.165) is 27.7 Å². The van der Waals surface area contributed by atoms with Crippen LogP contribution < -0.4 is 0 Å². The van der Waals surface area contributed by atoms with Crippen molar-refractivity contribution in [3.05, 3.63) is 77.2 Å². The van der Waals surface area contributed by atoms with Gasteiger partial charge < -0.3 is 0 Å². The maximum absolute atomic E-state index is 14.5. The first kappa shape index (κ1) is 15.3. The first-order chi connectivity index (χ1) is 11.5. The van der Waals surface area contributed by atoms with Crippen molar-refractivity contribution in [2.45, 2.75) is 24.8 Å². The van der Waals surface area contributed by atoms with Gasteiger partial charge in [0.05, 0.1) is 22.1 Å². The van der Waals surface area contributed by atoms with Crippen molar-refractivity contribution < 1.29 is 4.39 Å². The number of para-hydroxylation sites is 1.